The number of aryl methyl sites for hydroxylation is 2. The Morgan fingerprint density at radius 2 is 2.11 bits per heavy atom. The van der Waals surface area contributed by atoms with Crippen LogP contribution in [0.1, 0.15) is 24.1 Å². The second kappa shape index (κ2) is 4.79. The number of hydrogen-bond acceptors (Lipinski definition) is 3. The van der Waals surface area contributed by atoms with Crippen molar-refractivity contribution in [3.05, 3.63) is 11.3 Å². The van der Waals surface area contributed by atoms with Crippen LogP contribution in [0.4, 0.5) is 13.2 Å². The third-order valence-corrected chi connectivity index (χ3v) is 2.81. The molecule has 1 aromatic heterocycles. The van der Waals surface area contributed by atoms with Crippen LogP contribution in [0, 0.1) is 6.92 Å². The van der Waals surface area contributed by atoms with E-state index in [2.05, 4.69) is 10.4 Å². The molecule has 0 radical (unpaired) electrons. The number of ether oxygens (including phenoxy) is 1. The molecule has 1 aliphatic rings. The van der Waals surface area contributed by atoms with Crippen molar-refractivity contribution in [1.82, 2.24) is 15.1 Å². The first-order chi connectivity index (χ1) is 8.37. The Hall–Kier alpha value is -1.24. The average Bonchev–Trinajstić information content (AvgIpc) is 3.00. The fourth-order valence-corrected chi connectivity index (χ4v) is 1.75. The number of alkyl halides is 3. The van der Waals surface area contributed by atoms with E-state index in [4.69, 9.17) is 4.74 Å². The third kappa shape index (κ3) is 3.38. The van der Waals surface area contributed by atoms with Crippen molar-refractivity contribution in [3.63, 3.8) is 0 Å². The molecule has 0 bridgehead atoms. The highest BCUT2D eigenvalue weighted by Crippen LogP contribution is 2.26. The van der Waals surface area contributed by atoms with E-state index in [9.17, 15) is 13.2 Å². The number of aromatic nitrogens is 2. The van der Waals surface area contributed by atoms with E-state index in [1.54, 1.807) is 14.0 Å². The average molecular weight is 263 g/mol. The highest BCUT2D eigenvalue weighted by molar-refractivity contribution is 5.31. The molecule has 1 heterocycles. The molecule has 1 fully saturated rings. The molecule has 1 aliphatic carbocycles. The van der Waals surface area contributed by atoms with Gasteiger partial charge in [0.2, 0.25) is 5.88 Å². The van der Waals surface area contributed by atoms with Crippen LogP contribution < -0.4 is 10.1 Å². The molecular weight excluding hydrogens is 247 g/mol. The zero-order valence-corrected chi connectivity index (χ0v) is 10.3. The summed E-state index contributed by atoms with van der Waals surface area (Å²) in [6, 6.07) is 0.486. The predicted molar refractivity (Wildman–Crippen MR) is 59.4 cm³/mol. The van der Waals surface area contributed by atoms with Gasteiger partial charge < -0.3 is 10.1 Å². The normalized spacial score (nSPS) is 16.1. The van der Waals surface area contributed by atoms with Crippen LogP contribution >= 0.6 is 0 Å². The van der Waals surface area contributed by atoms with Gasteiger partial charge in [-0.2, -0.15) is 18.3 Å². The largest absolute Gasteiger partial charge is 0.468 e. The highest BCUT2D eigenvalue weighted by Gasteiger charge is 2.30. The Labute approximate surface area is 103 Å². The highest BCUT2D eigenvalue weighted by atomic mass is 19.4. The first-order valence-electron chi connectivity index (χ1n) is 5.82. The molecule has 0 aliphatic heterocycles. The van der Waals surface area contributed by atoms with Crippen LogP contribution in [0.15, 0.2) is 0 Å². The minimum absolute atomic E-state index is 0.193. The molecule has 1 aromatic rings. The van der Waals surface area contributed by atoms with Gasteiger partial charge >= 0.3 is 6.18 Å². The van der Waals surface area contributed by atoms with Gasteiger partial charge in [0.05, 0.1) is 11.3 Å². The molecule has 7 heteroatoms. The molecule has 2 rings (SSSR count). The molecular formula is C11H16F3N3O. The number of rotatable bonds is 5. The topological polar surface area (TPSA) is 39.1 Å². The first-order valence-corrected chi connectivity index (χ1v) is 5.82. The van der Waals surface area contributed by atoms with E-state index < -0.39 is 12.8 Å². The van der Waals surface area contributed by atoms with Gasteiger partial charge in [0, 0.05) is 19.6 Å². The summed E-state index contributed by atoms with van der Waals surface area (Å²) in [5.74, 6) is 0.193. The van der Waals surface area contributed by atoms with Crippen molar-refractivity contribution in [2.24, 2.45) is 7.05 Å². The number of nitrogens with zero attached hydrogens (tertiary/aromatic N) is 2. The molecule has 4 nitrogen and oxygen atoms in total. The smallest absolute Gasteiger partial charge is 0.422 e. The van der Waals surface area contributed by atoms with Gasteiger partial charge in [0.1, 0.15) is 0 Å². The van der Waals surface area contributed by atoms with E-state index in [1.807, 2.05) is 0 Å². The van der Waals surface area contributed by atoms with Gasteiger partial charge in [-0.1, -0.05) is 0 Å². The molecule has 1 N–H and O–H groups in total. The maximum Gasteiger partial charge on any atom is 0.422 e. The molecule has 0 amide bonds. The molecule has 0 unspecified atom stereocenters. The van der Waals surface area contributed by atoms with Crippen molar-refractivity contribution >= 4 is 0 Å². The molecule has 0 atom stereocenters. The second-order valence-electron chi connectivity index (χ2n) is 4.55. The summed E-state index contributed by atoms with van der Waals surface area (Å²) in [5.41, 5.74) is 1.40. The lowest BCUT2D eigenvalue weighted by molar-refractivity contribution is -0.154. The SMILES string of the molecule is Cc1nn(C)c(OCC(F)(F)F)c1CNC1CC1. The van der Waals surface area contributed by atoms with Gasteiger partial charge in [-0.3, -0.25) is 0 Å². The van der Waals surface area contributed by atoms with Gasteiger partial charge in [-0.25, -0.2) is 4.68 Å². The van der Waals surface area contributed by atoms with E-state index in [-0.39, 0.29) is 5.88 Å². The Kier molecular flexibility index (Phi) is 3.52. The van der Waals surface area contributed by atoms with Crippen LogP contribution in [0.5, 0.6) is 5.88 Å². The van der Waals surface area contributed by atoms with Crippen LogP contribution in [-0.2, 0) is 13.6 Å². The molecule has 0 aromatic carbocycles. The predicted octanol–water partition coefficient (Wildman–Crippen LogP) is 1.92. The molecule has 0 spiro atoms. The Morgan fingerprint density at radius 1 is 1.44 bits per heavy atom. The summed E-state index contributed by atoms with van der Waals surface area (Å²) in [4.78, 5) is 0. The summed E-state index contributed by atoms with van der Waals surface area (Å²) in [6.07, 6.45) is -2.09. The van der Waals surface area contributed by atoms with Gasteiger partial charge in [-0.05, 0) is 19.8 Å². The Morgan fingerprint density at radius 3 is 2.67 bits per heavy atom. The summed E-state index contributed by atoms with van der Waals surface area (Å²) in [7, 11) is 1.58. The van der Waals surface area contributed by atoms with Crippen molar-refractivity contribution in [2.45, 2.75) is 38.5 Å². The third-order valence-electron chi connectivity index (χ3n) is 2.81. The lowest BCUT2D eigenvalue weighted by Crippen LogP contribution is -2.22. The Bertz CT molecular complexity index is 424. The molecule has 18 heavy (non-hydrogen) atoms. The first kappa shape index (κ1) is 13.2. The molecule has 1 saturated carbocycles. The van der Waals surface area contributed by atoms with E-state index in [0.29, 0.717) is 23.8 Å². The van der Waals surface area contributed by atoms with Crippen molar-refractivity contribution in [2.75, 3.05) is 6.61 Å². The number of hydrogen-bond donors (Lipinski definition) is 1. The maximum atomic E-state index is 12.2. The van der Waals surface area contributed by atoms with E-state index in [1.165, 1.54) is 4.68 Å². The summed E-state index contributed by atoms with van der Waals surface area (Å²) in [5, 5.41) is 7.34. The Balaban J connectivity index is 2.05. The number of nitrogens with one attached hydrogen (secondary N) is 1. The van der Waals surface area contributed by atoms with Crippen LogP contribution in [0.25, 0.3) is 0 Å². The van der Waals surface area contributed by atoms with Crippen LogP contribution in [-0.4, -0.2) is 28.6 Å². The summed E-state index contributed by atoms with van der Waals surface area (Å²) >= 11 is 0. The summed E-state index contributed by atoms with van der Waals surface area (Å²) < 4.78 is 42.7. The quantitative estimate of drug-likeness (QED) is 0.882. The van der Waals surface area contributed by atoms with Crippen molar-refractivity contribution < 1.29 is 17.9 Å². The van der Waals surface area contributed by atoms with Crippen LogP contribution in [0.2, 0.25) is 0 Å². The van der Waals surface area contributed by atoms with E-state index in [0.717, 1.165) is 12.8 Å². The van der Waals surface area contributed by atoms with Crippen LogP contribution in [0.3, 0.4) is 0 Å². The standard InChI is InChI=1S/C11H16F3N3O/c1-7-9(5-15-8-3-4-8)10(17(2)16-7)18-6-11(12,13)14/h8,15H,3-6H2,1-2H3. The number of halogens is 3. The fraction of sp³-hybridized carbons (Fsp3) is 0.727. The summed E-state index contributed by atoms with van der Waals surface area (Å²) in [6.45, 7) is 0.976. The molecule has 102 valence electrons. The van der Waals surface area contributed by atoms with Gasteiger partial charge in [0.25, 0.3) is 0 Å². The van der Waals surface area contributed by atoms with Gasteiger partial charge in [0.15, 0.2) is 6.61 Å². The zero-order chi connectivity index (χ0) is 13.3. The minimum atomic E-state index is -4.33. The van der Waals surface area contributed by atoms with E-state index >= 15 is 0 Å². The van der Waals surface area contributed by atoms with Crippen molar-refractivity contribution in [3.8, 4) is 5.88 Å². The lowest BCUT2D eigenvalue weighted by atomic mass is 10.2. The monoisotopic (exact) mass is 263 g/mol. The van der Waals surface area contributed by atoms with Crippen molar-refractivity contribution in [1.29, 1.82) is 0 Å². The fourth-order valence-electron chi connectivity index (χ4n) is 1.75. The zero-order valence-electron chi connectivity index (χ0n) is 10.3. The molecule has 0 saturated heterocycles. The lowest BCUT2D eigenvalue weighted by Gasteiger charge is -2.11. The van der Waals surface area contributed by atoms with Gasteiger partial charge in [-0.15, -0.1) is 0 Å². The second-order valence-corrected chi connectivity index (χ2v) is 4.55. The minimum Gasteiger partial charge on any atom is -0.468 e. The maximum absolute atomic E-state index is 12.2.